The van der Waals surface area contributed by atoms with Crippen molar-refractivity contribution in [2.24, 2.45) is 0 Å². The third kappa shape index (κ3) is 2.82. The van der Waals surface area contributed by atoms with Crippen molar-refractivity contribution < 1.29 is 14.8 Å². The van der Waals surface area contributed by atoms with Crippen LogP contribution in [0.1, 0.15) is 36.0 Å². The van der Waals surface area contributed by atoms with Crippen LogP contribution in [0.25, 0.3) is 0 Å². The number of benzene rings is 1. The number of piperidine rings is 1. The predicted molar refractivity (Wildman–Crippen MR) is 76.2 cm³/mol. The SMILES string of the molecule is O=C(CN1C2CCC1CC(O)C2)c1ccc([N+](=O)[O-])cc1. The Bertz CT molecular complexity index is 543. The number of rotatable bonds is 4. The predicted octanol–water partition coefficient (Wildman–Crippen LogP) is 1.77. The van der Waals surface area contributed by atoms with E-state index in [2.05, 4.69) is 4.90 Å². The summed E-state index contributed by atoms with van der Waals surface area (Å²) < 4.78 is 0. The van der Waals surface area contributed by atoms with Gasteiger partial charge in [-0.25, -0.2) is 0 Å². The van der Waals surface area contributed by atoms with E-state index in [1.165, 1.54) is 24.3 Å². The molecule has 0 aliphatic carbocycles. The molecule has 2 unspecified atom stereocenters. The highest BCUT2D eigenvalue weighted by atomic mass is 16.6. The molecule has 1 N–H and O–H groups in total. The number of hydrogen-bond donors (Lipinski definition) is 1. The molecule has 1 aromatic carbocycles. The Balaban J connectivity index is 1.68. The van der Waals surface area contributed by atoms with Crippen molar-refractivity contribution in [2.75, 3.05) is 6.54 Å². The zero-order chi connectivity index (χ0) is 15.0. The van der Waals surface area contributed by atoms with E-state index >= 15 is 0 Å². The van der Waals surface area contributed by atoms with Crippen LogP contribution in [-0.4, -0.2) is 45.4 Å². The first-order valence-corrected chi connectivity index (χ1v) is 7.26. The first-order chi connectivity index (χ1) is 10.0. The number of fused-ring (bicyclic) bond motifs is 2. The van der Waals surface area contributed by atoms with Crippen LogP contribution in [-0.2, 0) is 0 Å². The number of aliphatic hydroxyl groups is 1. The normalized spacial score (nSPS) is 28.5. The molecule has 0 spiro atoms. The molecule has 2 atom stereocenters. The lowest BCUT2D eigenvalue weighted by atomic mass is 9.99. The van der Waals surface area contributed by atoms with Gasteiger partial charge in [0.1, 0.15) is 0 Å². The number of nitrogens with zero attached hydrogens (tertiary/aromatic N) is 2. The third-order valence-corrected chi connectivity index (χ3v) is 4.59. The maximum absolute atomic E-state index is 12.3. The summed E-state index contributed by atoms with van der Waals surface area (Å²) in [4.78, 5) is 24.7. The lowest BCUT2D eigenvalue weighted by Gasteiger charge is -2.36. The minimum Gasteiger partial charge on any atom is -0.393 e. The van der Waals surface area contributed by atoms with E-state index in [0.717, 1.165) is 25.7 Å². The van der Waals surface area contributed by atoms with Crippen LogP contribution >= 0.6 is 0 Å². The molecule has 0 amide bonds. The van der Waals surface area contributed by atoms with Crippen LogP contribution in [0.4, 0.5) is 5.69 Å². The van der Waals surface area contributed by atoms with Crippen LogP contribution in [0, 0.1) is 10.1 Å². The smallest absolute Gasteiger partial charge is 0.269 e. The van der Waals surface area contributed by atoms with Gasteiger partial charge in [0.2, 0.25) is 0 Å². The summed E-state index contributed by atoms with van der Waals surface area (Å²) in [5.74, 6) is -0.0156. The summed E-state index contributed by atoms with van der Waals surface area (Å²) in [6.07, 6.45) is 3.31. The van der Waals surface area contributed by atoms with Crippen molar-refractivity contribution in [3.63, 3.8) is 0 Å². The molecule has 2 bridgehead atoms. The number of Topliss-reactive ketones (excluding diaryl/α,β-unsaturated/α-hetero) is 1. The lowest BCUT2D eigenvalue weighted by molar-refractivity contribution is -0.384. The maximum atomic E-state index is 12.3. The fourth-order valence-electron chi connectivity index (χ4n) is 3.53. The number of ketones is 1. The summed E-state index contributed by atoms with van der Waals surface area (Å²) in [5.41, 5.74) is 0.499. The quantitative estimate of drug-likeness (QED) is 0.519. The second-order valence-electron chi connectivity index (χ2n) is 5.91. The first kappa shape index (κ1) is 14.2. The van der Waals surface area contributed by atoms with Gasteiger partial charge in [-0.1, -0.05) is 0 Å². The van der Waals surface area contributed by atoms with E-state index < -0.39 is 4.92 Å². The lowest BCUT2D eigenvalue weighted by Crippen LogP contribution is -2.46. The van der Waals surface area contributed by atoms with E-state index in [1.807, 2.05) is 0 Å². The topological polar surface area (TPSA) is 83.7 Å². The van der Waals surface area contributed by atoms with Crippen LogP contribution in [0.5, 0.6) is 0 Å². The van der Waals surface area contributed by atoms with Crippen molar-refractivity contribution >= 4 is 11.5 Å². The highest BCUT2D eigenvalue weighted by molar-refractivity contribution is 5.97. The summed E-state index contributed by atoms with van der Waals surface area (Å²) in [5, 5.41) is 20.4. The molecule has 6 heteroatoms. The number of nitro groups is 1. The largest absolute Gasteiger partial charge is 0.393 e. The maximum Gasteiger partial charge on any atom is 0.269 e. The van der Waals surface area contributed by atoms with Gasteiger partial charge in [0.15, 0.2) is 5.78 Å². The summed E-state index contributed by atoms with van der Waals surface area (Å²) >= 11 is 0. The summed E-state index contributed by atoms with van der Waals surface area (Å²) in [6, 6.07) is 6.34. The van der Waals surface area contributed by atoms with Crippen LogP contribution < -0.4 is 0 Å². The molecule has 2 heterocycles. The van der Waals surface area contributed by atoms with Crippen molar-refractivity contribution in [2.45, 2.75) is 43.9 Å². The molecule has 112 valence electrons. The van der Waals surface area contributed by atoms with Gasteiger partial charge < -0.3 is 5.11 Å². The van der Waals surface area contributed by atoms with Crippen molar-refractivity contribution in [1.82, 2.24) is 4.90 Å². The number of hydrogen-bond acceptors (Lipinski definition) is 5. The minimum absolute atomic E-state index is 0.00675. The monoisotopic (exact) mass is 290 g/mol. The van der Waals surface area contributed by atoms with Crippen LogP contribution in [0.15, 0.2) is 24.3 Å². The molecule has 0 saturated carbocycles. The second-order valence-corrected chi connectivity index (χ2v) is 5.91. The molecule has 6 nitrogen and oxygen atoms in total. The Labute approximate surface area is 122 Å². The fourth-order valence-corrected chi connectivity index (χ4v) is 3.53. The molecule has 2 aliphatic rings. The van der Waals surface area contributed by atoms with Crippen molar-refractivity contribution in [3.05, 3.63) is 39.9 Å². The molecule has 0 aromatic heterocycles. The highest BCUT2D eigenvalue weighted by Crippen LogP contribution is 2.35. The van der Waals surface area contributed by atoms with Crippen molar-refractivity contribution in [1.29, 1.82) is 0 Å². The Morgan fingerprint density at radius 3 is 2.33 bits per heavy atom. The number of aliphatic hydroxyl groups excluding tert-OH is 1. The van der Waals surface area contributed by atoms with E-state index in [9.17, 15) is 20.0 Å². The van der Waals surface area contributed by atoms with Gasteiger partial charge in [0, 0.05) is 29.8 Å². The van der Waals surface area contributed by atoms with E-state index in [1.54, 1.807) is 0 Å². The Morgan fingerprint density at radius 1 is 1.24 bits per heavy atom. The number of nitro benzene ring substituents is 1. The standard InChI is InChI=1S/C15H18N2O4/c18-14-7-12-5-6-13(8-14)16(12)9-15(19)10-1-3-11(4-2-10)17(20)21/h1-4,12-14,18H,5-9H2. The van der Waals surface area contributed by atoms with E-state index in [0.29, 0.717) is 24.2 Å². The zero-order valence-corrected chi connectivity index (χ0v) is 11.6. The molecule has 0 radical (unpaired) electrons. The molecule has 2 fully saturated rings. The van der Waals surface area contributed by atoms with Gasteiger partial charge in [-0.05, 0) is 37.8 Å². The molecular weight excluding hydrogens is 272 g/mol. The van der Waals surface area contributed by atoms with E-state index in [4.69, 9.17) is 0 Å². The van der Waals surface area contributed by atoms with Gasteiger partial charge in [-0.3, -0.25) is 19.8 Å². The Kier molecular flexibility index (Phi) is 3.73. The minimum atomic E-state index is -0.472. The van der Waals surface area contributed by atoms with Gasteiger partial charge in [-0.2, -0.15) is 0 Å². The molecular formula is C15H18N2O4. The van der Waals surface area contributed by atoms with E-state index in [-0.39, 0.29) is 17.6 Å². The second kappa shape index (κ2) is 5.54. The average Bonchev–Trinajstić information content (AvgIpc) is 2.70. The summed E-state index contributed by atoms with van der Waals surface area (Å²) in [6.45, 7) is 0.333. The Hall–Kier alpha value is -1.79. The molecule has 2 saturated heterocycles. The van der Waals surface area contributed by atoms with Gasteiger partial charge in [0.05, 0.1) is 17.6 Å². The van der Waals surface area contributed by atoms with Crippen molar-refractivity contribution in [3.8, 4) is 0 Å². The van der Waals surface area contributed by atoms with Gasteiger partial charge in [-0.15, -0.1) is 0 Å². The average molecular weight is 290 g/mol. The molecule has 2 aliphatic heterocycles. The first-order valence-electron chi connectivity index (χ1n) is 7.26. The Morgan fingerprint density at radius 2 is 1.81 bits per heavy atom. The highest BCUT2D eigenvalue weighted by Gasteiger charge is 2.40. The number of carbonyl (C=O) groups excluding carboxylic acids is 1. The molecule has 21 heavy (non-hydrogen) atoms. The zero-order valence-electron chi connectivity index (χ0n) is 11.6. The van der Waals surface area contributed by atoms with Gasteiger partial charge in [0.25, 0.3) is 5.69 Å². The van der Waals surface area contributed by atoms with Gasteiger partial charge >= 0.3 is 0 Å². The fraction of sp³-hybridized carbons (Fsp3) is 0.533. The number of carbonyl (C=O) groups is 1. The number of non-ortho nitro benzene ring substituents is 1. The molecule has 3 rings (SSSR count). The third-order valence-electron chi connectivity index (χ3n) is 4.59. The van der Waals surface area contributed by atoms with Crippen LogP contribution in [0.3, 0.4) is 0 Å². The summed E-state index contributed by atoms with van der Waals surface area (Å²) in [7, 11) is 0. The van der Waals surface area contributed by atoms with Crippen LogP contribution in [0.2, 0.25) is 0 Å². The molecule has 1 aromatic rings.